The number of carbonyl (C=O) groups excluding carboxylic acids is 2. The van der Waals surface area contributed by atoms with Crippen LogP contribution >= 0.6 is 0 Å². The third kappa shape index (κ3) is 3.55. The van der Waals surface area contributed by atoms with Crippen LogP contribution in [0.15, 0.2) is 30.5 Å². The lowest BCUT2D eigenvalue weighted by atomic mass is 9.86. The summed E-state index contributed by atoms with van der Waals surface area (Å²) in [6, 6.07) is 7.70. The van der Waals surface area contributed by atoms with E-state index in [9.17, 15) is 9.59 Å². The molecule has 0 bridgehead atoms. The molecule has 0 unspecified atom stereocenters. The average Bonchev–Trinajstić information content (AvgIpc) is 2.99. The van der Waals surface area contributed by atoms with Crippen molar-refractivity contribution in [2.24, 2.45) is 5.92 Å². The second-order valence-electron chi connectivity index (χ2n) is 6.26. The lowest BCUT2D eigenvalue weighted by Gasteiger charge is -2.29. The Hall–Kier alpha value is -2.30. The van der Waals surface area contributed by atoms with Gasteiger partial charge in [-0.15, -0.1) is 0 Å². The minimum Gasteiger partial charge on any atom is -0.452 e. The summed E-state index contributed by atoms with van der Waals surface area (Å²) in [6.45, 7) is 1.92. The molecular weight excluding hydrogens is 292 g/mol. The van der Waals surface area contributed by atoms with Gasteiger partial charge in [-0.2, -0.15) is 0 Å². The lowest BCUT2D eigenvalue weighted by Crippen LogP contribution is -2.42. The molecule has 3 rings (SSSR count). The first-order chi connectivity index (χ1) is 11.1. The van der Waals surface area contributed by atoms with Gasteiger partial charge in [0.25, 0.3) is 5.91 Å². The minimum atomic E-state index is -0.478. The Kier molecular flexibility index (Phi) is 4.65. The number of para-hydroxylation sites is 1. The number of hydrogen-bond acceptors (Lipinski definition) is 3. The molecule has 5 heteroatoms. The van der Waals surface area contributed by atoms with Crippen LogP contribution in [-0.2, 0) is 9.53 Å². The molecule has 2 atom stereocenters. The molecule has 0 radical (unpaired) electrons. The van der Waals surface area contributed by atoms with E-state index in [1.807, 2.05) is 24.3 Å². The van der Waals surface area contributed by atoms with Crippen molar-refractivity contribution in [3.8, 4) is 0 Å². The molecule has 1 amide bonds. The molecule has 1 aromatic heterocycles. The summed E-state index contributed by atoms with van der Waals surface area (Å²) in [7, 11) is 0. The van der Waals surface area contributed by atoms with E-state index in [1.54, 1.807) is 6.20 Å². The predicted octanol–water partition coefficient (Wildman–Crippen LogP) is 3.02. The van der Waals surface area contributed by atoms with Crippen LogP contribution in [0.2, 0.25) is 0 Å². The fraction of sp³-hybridized carbons (Fsp3) is 0.444. The molecule has 2 N–H and O–H groups in total. The number of ether oxygens (including phenoxy) is 1. The second kappa shape index (κ2) is 6.86. The van der Waals surface area contributed by atoms with E-state index in [1.165, 1.54) is 6.42 Å². The third-order valence-electron chi connectivity index (χ3n) is 4.60. The van der Waals surface area contributed by atoms with Gasteiger partial charge in [-0.3, -0.25) is 4.79 Å². The van der Waals surface area contributed by atoms with Crippen molar-refractivity contribution in [3.05, 3.63) is 36.0 Å². The number of nitrogens with one attached hydrogen (secondary N) is 2. The molecule has 1 heterocycles. The number of amides is 1. The van der Waals surface area contributed by atoms with Gasteiger partial charge in [-0.1, -0.05) is 38.0 Å². The lowest BCUT2D eigenvalue weighted by molar-refractivity contribution is -0.125. The molecule has 1 aliphatic rings. The van der Waals surface area contributed by atoms with E-state index in [4.69, 9.17) is 4.74 Å². The van der Waals surface area contributed by atoms with Crippen LogP contribution < -0.4 is 5.32 Å². The third-order valence-corrected chi connectivity index (χ3v) is 4.60. The molecule has 1 aliphatic carbocycles. The Bertz CT molecular complexity index is 707. The molecule has 23 heavy (non-hydrogen) atoms. The average molecular weight is 314 g/mol. The number of benzene rings is 1. The van der Waals surface area contributed by atoms with Crippen LogP contribution in [0.3, 0.4) is 0 Å². The van der Waals surface area contributed by atoms with Gasteiger partial charge in [0.05, 0.1) is 5.56 Å². The van der Waals surface area contributed by atoms with E-state index in [0.29, 0.717) is 11.5 Å². The molecule has 1 aromatic carbocycles. The summed E-state index contributed by atoms with van der Waals surface area (Å²) in [5.41, 5.74) is 1.33. The first-order valence-electron chi connectivity index (χ1n) is 8.18. The maximum Gasteiger partial charge on any atom is 0.340 e. The summed E-state index contributed by atoms with van der Waals surface area (Å²) in [6.07, 6.45) is 6.13. The number of hydrogen-bond donors (Lipinski definition) is 2. The van der Waals surface area contributed by atoms with Gasteiger partial charge in [0.2, 0.25) is 0 Å². The van der Waals surface area contributed by atoms with Crippen molar-refractivity contribution in [2.75, 3.05) is 6.61 Å². The number of aromatic nitrogens is 1. The number of fused-ring (bicyclic) bond motifs is 1. The Morgan fingerprint density at radius 2 is 2.04 bits per heavy atom. The number of esters is 1. The Balaban J connectivity index is 1.55. The first-order valence-corrected chi connectivity index (χ1v) is 8.18. The zero-order valence-corrected chi connectivity index (χ0v) is 13.3. The molecule has 0 aliphatic heterocycles. The molecular formula is C18H22N2O3. The summed E-state index contributed by atoms with van der Waals surface area (Å²) < 4.78 is 5.16. The maximum atomic E-state index is 12.2. The highest BCUT2D eigenvalue weighted by Gasteiger charge is 2.23. The van der Waals surface area contributed by atoms with Crippen LogP contribution in [0.4, 0.5) is 0 Å². The van der Waals surface area contributed by atoms with Crippen molar-refractivity contribution >= 4 is 22.8 Å². The molecule has 1 saturated carbocycles. The topological polar surface area (TPSA) is 71.2 Å². The van der Waals surface area contributed by atoms with Gasteiger partial charge in [0.15, 0.2) is 6.61 Å². The highest BCUT2D eigenvalue weighted by molar-refractivity contribution is 6.04. The van der Waals surface area contributed by atoms with Gasteiger partial charge in [-0.05, 0) is 24.8 Å². The molecule has 1 fully saturated rings. The fourth-order valence-corrected chi connectivity index (χ4v) is 3.23. The predicted molar refractivity (Wildman–Crippen MR) is 88.1 cm³/mol. The monoisotopic (exact) mass is 314 g/mol. The van der Waals surface area contributed by atoms with E-state index in [2.05, 4.69) is 17.2 Å². The van der Waals surface area contributed by atoms with Gasteiger partial charge < -0.3 is 15.0 Å². The summed E-state index contributed by atoms with van der Waals surface area (Å²) in [5, 5.41) is 3.79. The van der Waals surface area contributed by atoms with Crippen LogP contribution in [-0.4, -0.2) is 29.5 Å². The Morgan fingerprint density at radius 3 is 2.87 bits per heavy atom. The largest absolute Gasteiger partial charge is 0.452 e. The molecule has 0 saturated heterocycles. The molecule has 0 spiro atoms. The summed E-state index contributed by atoms with van der Waals surface area (Å²) >= 11 is 0. The van der Waals surface area contributed by atoms with Crippen LogP contribution in [0.1, 0.15) is 43.0 Å². The zero-order valence-electron chi connectivity index (χ0n) is 13.3. The number of aromatic amines is 1. The van der Waals surface area contributed by atoms with Gasteiger partial charge in [-0.25, -0.2) is 4.79 Å². The Labute approximate surface area is 135 Å². The minimum absolute atomic E-state index is 0.197. The number of carbonyl (C=O) groups is 2. The van der Waals surface area contributed by atoms with E-state index in [0.717, 1.165) is 30.2 Å². The van der Waals surface area contributed by atoms with Crippen molar-refractivity contribution in [1.82, 2.24) is 10.3 Å². The molecule has 2 aromatic rings. The van der Waals surface area contributed by atoms with Crippen molar-refractivity contribution in [1.29, 1.82) is 0 Å². The number of rotatable bonds is 4. The highest BCUT2D eigenvalue weighted by Crippen LogP contribution is 2.23. The summed E-state index contributed by atoms with van der Waals surface area (Å²) in [4.78, 5) is 27.2. The van der Waals surface area contributed by atoms with Crippen LogP contribution in [0.25, 0.3) is 10.9 Å². The fourth-order valence-electron chi connectivity index (χ4n) is 3.23. The normalized spacial score (nSPS) is 21.1. The number of H-pyrrole nitrogens is 1. The highest BCUT2D eigenvalue weighted by atomic mass is 16.5. The van der Waals surface area contributed by atoms with Gasteiger partial charge >= 0.3 is 5.97 Å². The quantitative estimate of drug-likeness (QED) is 0.852. The van der Waals surface area contributed by atoms with Gasteiger partial charge in [0, 0.05) is 23.1 Å². The van der Waals surface area contributed by atoms with Crippen molar-refractivity contribution < 1.29 is 14.3 Å². The van der Waals surface area contributed by atoms with Crippen LogP contribution in [0, 0.1) is 5.92 Å². The van der Waals surface area contributed by atoms with Crippen molar-refractivity contribution in [2.45, 2.75) is 38.6 Å². The SMILES string of the molecule is C[C@H]1CCCC[C@H]1NC(=O)COC(=O)c1c[nH]c2ccccc12. The van der Waals surface area contributed by atoms with Crippen LogP contribution in [0.5, 0.6) is 0 Å². The second-order valence-corrected chi connectivity index (χ2v) is 6.26. The standard InChI is InChI=1S/C18H22N2O3/c1-12-6-2-4-8-15(12)20-17(21)11-23-18(22)14-10-19-16-9-5-3-7-13(14)16/h3,5,7,9-10,12,15,19H,2,4,6,8,11H2,1H3,(H,20,21)/t12-,15+/m0/s1. The summed E-state index contributed by atoms with van der Waals surface area (Å²) in [5.74, 6) is -0.219. The molecule has 5 nitrogen and oxygen atoms in total. The first kappa shape index (κ1) is 15.6. The maximum absolute atomic E-state index is 12.2. The van der Waals surface area contributed by atoms with E-state index < -0.39 is 5.97 Å². The molecule has 122 valence electrons. The Morgan fingerprint density at radius 1 is 1.26 bits per heavy atom. The van der Waals surface area contributed by atoms with E-state index >= 15 is 0 Å². The van der Waals surface area contributed by atoms with Gasteiger partial charge in [0.1, 0.15) is 0 Å². The smallest absolute Gasteiger partial charge is 0.340 e. The zero-order chi connectivity index (χ0) is 16.2. The van der Waals surface area contributed by atoms with E-state index in [-0.39, 0.29) is 18.6 Å². The van der Waals surface area contributed by atoms with Crippen molar-refractivity contribution in [3.63, 3.8) is 0 Å².